The largest absolute Gasteiger partial charge is 0.366 e. The van der Waals surface area contributed by atoms with Crippen LogP contribution in [0.5, 0.6) is 0 Å². The average Bonchev–Trinajstić information content (AvgIpc) is 3.09. The van der Waals surface area contributed by atoms with Crippen LogP contribution in [0, 0.1) is 17.3 Å². The Labute approximate surface area is 241 Å². The van der Waals surface area contributed by atoms with Gasteiger partial charge in [0.05, 0.1) is 21.3 Å². The first-order valence-corrected chi connectivity index (χ1v) is 15.8. The standard InChI is InChI=1S/C27H33Cl2F4N3O3S/c1-25(2)22(20(37)10-16-7-17(8-16)23(32)33)34-24(35-25)26-12-27(13-26,14-26)36(40(38,39)6-5-21(30)31)11-15-3-4-18(28)19(29)9-15/h3-4,9,16-17,21-23H,5-8,10-14H2,1-2H3,(H,34,35)/t16?,17?,22-,26?,27?/m0/s1. The molecule has 4 fully saturated rings. The summed E-state index contributed by atoms with van der Waals surface area (Å²) in [7, 11) is -4.03. The van der Waals surface area contributed by atoms with E-state index in [9.17, 15) is 30.8 Å². The molecule has 0 aromatic heterocycles. The van der Waals surface area contributed by atoms with Gasteiger partial charge in [0, 0.05) is 36.3 Å². The van der Waals surface area contributed by atoms with Crippen LogP contribution in [0.25, 0.3) is 0 Å². The number of aliphatic imine (C=N–C) groups is 1. The summed E-state index contributed by atoms with van der Waals surface area (Å²) in [6, 6.07) is 4.16. The lowest BCUT2D eigenvalue weighted by Crippen LogP contribution is -2.78. The molecule has 0 saturated heterocycles. The zero-order chi connectivity index (χ0) is 29.3. The first-order chi connectivity index (χ1) is 18.6. The number of sulfonamides is 1. The Morgan fingerprint density at radius 2 is 1.77 bits per heavy atom. The third-order valence-corrected chi connectivity index (χ3v) is 11.8. The van der Waals surface area contributed by atoms with Gasteiger partial charge in [0.1, 0.15) is 11.9 Å². The third-order valence-electron chi connectivity index (χ3n) is 9.08. The van der Waals surface area contributed by atoms with E-state index in [2.05, 4.69) is 5.32 Å². The number of nitrogens with one attached hydrogen (secondary N) is 1. The molecule has 1 aromatic carbocycles. The molecule has 1 aromatic rings. The number of alkyl halides is 4. The van der Waals surface area contributed by atoms with E-state index in [-0.39, 0.29) is 29.7 Å². The Bertz CT molecular complexity index is 1300. The fraction of sp³-hybridized carbons (Fsp3) is 0.704. The van der Waals surface area contributed by atoms with Crippen molar-refractivity contribution in [3.8, 4) is 0 Å². The second-order valence-electron chi connectivity index (χ2n) is 12.6. The Kier molecular flexibility index (Phi) is 7.80. The summed E-state index contributed by atoms with van der Waals surface area (Å²) >= 11 is 12.2. The van der Waals surface area contributed by atoms with Crippen LogP contribution >= 0.6 is 23.2 Å². The smallest absolute Gasteiger partial charge is 0.241 e. The normalized spacial score (nSPS) is 32.4. The summed E-state index contributed by atoms with van der Waals surface area (Å²) in [5.74, 6) is -0.768. The molecule has 1 N–H and O–H groups in total. The zero-order valence-corrected chi connectivity index (χ0v) is 24.6. The summed E-state index contributed by atoms with van der Waals surface area (Å²) in [6.07, 6.45) is -3.57. The maximum absolute atomic E-state index is 13.3. The van der Waals surface area contributed by atoms with Crippen LogP contribution in [0.2, 0.25) is 10.0 Å². The quantitative estimate of drug-likeness (QED) is 0.285. The van der Waals surface area contributed by atoms with Crippen molar-refractivity contribution in [2.45, 2.75) is 95.3 Å². The Morgan fingerprint density at radius 1 is 1.12 bits per heavy atom. The fourth-order valence-corrected chi connectivity index (χ4v) is 9.11. The van der Waals surface area contributed by atoms with E-state index in [0.717, 1.165) is 0 Å². The van der Waals surface area contributed by atoms with Gasteiger partial charge in [0.25, 0.3) is 0 Å². The lowest BCUT2D eigenvalue weighted by Gasteiger charge is -2.73. The van der Waals surface area contributed by atoms with Crippen LogP contribution in [0.15, 0.2) is 23.2 Å². The minimum atomic E-state index is -4.03. The highest BCUT2D eigenvalue weighted by Crippen LogP contribution is 2.71. The molecule has 1 atom stereocenters. The molecule has 6 rings (SSSR count). The van der Waals surface area contributed by atoms with Crippen LogP contribution < -0.4 is 5.32 Å². The first-order valence-electron chi connectivity index (χ1n) is 13.5. The molecule has 5 aliphatic rings. The van der Waals surface area contributed by atoms with Crippen LogP contribution in [-0.4, -0.2) is 60.1 Å². The van der Waals surface area contributed by atoms with Crippen molar-refractivity contribution in [1.29, 1.82) is 0 Å². The van der Waals surface area contributed by atoms with E-state index in [1.54, 1.807) is 18.2 Å². The molecule has 2 bridgehead atoms. The number of Topliss-reactive ketones (excluding diaryl/α,β-unsaturated/α-hetero) is 1. The summed E-state index contributed by atoms with van der Waals surface area (Å²) in [5, 5.41) is 3.98. The van der Waals surface area contributed by atoms with Gasteiger partial charge < -0.3 is 5.32 Å². The lowest BCUT2D eigenvalue weighted by molar-refractivity contribution is -0.151. The van der Waals surface area contributed by atoms with E-state index in [4.69, 9.17) is 28.2 Å². The summed E-state index contributed by atoms with van der Waals surface area (Å²) in [6.45, 7) is 3.73. The van der Waals surface area contributed by atoms with E-state index >= 15 is 0 Å². The monoisotopic (exact) mass is 625 g/mol. The average molecular weight is 627 g/mol. The van der Waals surface area contributed by atoms with E-state index in [1.807, 2.05) is 13.8 Å². The SMILES string of the molecule is CC1(C)NC(C23CC(N(Cc4ccc(Cl)c(Cl)c4)S(=O)(=O)CCC(F)F)(C2)C3)=N[C@H]1C(=O)CC1CC(C(F)F)C1. The molecule has 13 heteroatoms. The van der Waals surface area contributed by atoms with Crippen LogP contribution in [0.4, 0.5) is 17.6 Å². The predicted octanol–water partition coefficient (Wildman–Crippen LogP) is 6.10. The molecular weight excluding hydrogens is 593 g/mol. The van der Waals surface area contributed by atoms with Gasteiger partial charge in [-0.05, 0) is 69.6 Å². The molecule has 0 radical (unpaired) electrons. The van der Waals surface area contributed by atoms with Crippen molar-refractivity contribution in [1.82, 2.24) is 9.62 Å². The van der Waals surface area contributed by atoms with Crippen LogP contribution in [0.3, 0.4) is 0 Å². The molecule has 0 amide bonds. The molecule has 222 valence electrons. The number of halogens is 6. The van der Waals surface area contributed by atoms with E-state index < -0.39 is 63.5 Å². The van der Waals surface area contributed by atoms with Crippen molar-refractivity contribution in [2.75, 3.05) is 5.75 Å². The van der Waals surface area contributed by atoms with Crippen molar-refractivity contribution < 1.29 is 30.8 Å². The third kappa shape index (κ3) is 5.40. The maximum atomic E-state index is 13.3. The number of amidine groups is 1. The van der Waals surface area contributed by atoms with E-state index in [1.165, 1.54) is 4.31 Å². The topological polar surface area (TPSA) is 78.8 Å². The van der Waals surface area contributed by atoms with Gasteiger partial charge in [-0.1, -0.05) is 29.3 Å². The van der Waals surface area contributed by atoms with Gasteiger partial charge in [0.15, 0.2) is 5.78 Å². The fourth-order valence-electron chi connectivity index (χ4n) is 6.96. The van der Waals surface area contributed by atoms with Gasteiger partial charge in [-0.15, -0.1) is 0 Å². The minimum Gasteiger partial charge on any atom is -0.366 e. The van der Waals surface area contributed by atoms with Crippen LogP contribution in [0.1, 0.15) is 64.4 Å². The number of benzene rings is 1. The molecular formula is C27H33Cl2F4N3O3S. The number of rotatable bonds is 12. The Hall–Kier alpha value is -1.43. The highest BCUT2D eigenvalue weighted by molar-refractivity contribution is 7.89. The Morgan fingerprint density at radius 3 is 2.35 bits per heavy atom. The van der Waals surface area contributed by atoms with Crippen molar-refractivity contribution in [3.05, 3.63) is 33.8 Å². The number of carbonyl (C=O) groups is 1. The number of nitrogens with zero attached hydrogens (tertiary/aromatic N) is 2. The molecule has 6 nitrogen and oxygen atoms in total. The highest BCUT2D eigenvalue weighted by atomic mass is 35.5. The van der Waals surface area contributed by atoms with Crippen molar-refractivity contribution >= 4 is 44.8 Å². The van der Waals surface area contributed by atoms with Gasteiger partial charge in [-0.2, -0.15) is 4.31 Å². The number of hydrogen-bond acceptors (Lipinski definition) is 5. The molecule has 0 spiro atoms. The summed E-state index contributed by atoms with van der Waals surface area (Å²) < 4.78 is 79.6. The van der Waals surface area contributed by atoms with Gasteiger partial charge >= 0.3 is 0 Å². The minimum absolute atomic E-state index is 0.0218. The molecule has 0 unspecified atom stereocenters. The lowest BCUT2D eigenvalue weighted by atomic mass is 9.38. The van der Waals surface area contributed by atoms with Gasteiger partial charge in [0.2, 0.25) is 22.9 Å². The maximum Gasteiger partial charge on any atom is 0.241 e. The van der Waals surface area contributed by atoms with Gasteiger partial charge in [-0.3, -0.25) is 9.79 Å². The predicted molar refractivity (Wildman–Crippen MR) is 146 cm³/mol. The molecule has 1 heterocycles. The zero-order valence-electron chi connectivity index (χ0n) is 22.3. The van der Waals surface area contributed by atoms with Gasteiger partial charge in [-0.25, -0.2) is 26.0 Å². The number of ketones is 1. The van der Waals surface area contributed by atoms with E-state index in [0.29, 0.717) is 48.5 Å². The molecule has 40 heavy (non-hydrogen) atoms. The second kappa shape index (κ2) is 10.4. The molecule has 4 aliphatic carbocycles. The number of carbonyl (C=O) groups excluding carboxylic acids is 1. The second-order valence-corrected chi connectivity index (χ2v) is 15.4. The van der Waals surface area contributed by atoms with Crippen molar-refractivity contribution in [3.63, 3.8) is 0 Å². The number of hydrogen-bond donors (Lipinski definition) is 1. The molecule has 4 saturated carbocycles. The molecule has 1 aliphatic heterocycles. The summed E-state index contributed by atoms with van der Waals surface area (Å²) in [5.41, 5.74) is -1.22. The first kappa shape index (κ1) is 30.0. The summed E-state index contributed by atoms with van der Waals surface area (Å²) in [4.78, 5) is 17.9. The van der Waals surface area contributed by atoms with Crippen molar-refractivity contribution in [2.24, 2.45) is 22.2 Å². The Balaban J connectivity index is 1.30. The highest BCUT2D eigenvalue weighted by Gasteiger charge is 2.75. The van der Waals surface area contributed by atoms with Crippen LogP contribution in [-0.2, 0) is 21.4 Å².